The highest BCUT2D eigenvalue weighted by Crippen LogP contribution is 2.36. The second-order valence-electron chi connectivity index (χ2n) is 8.21. The normalized spacial score (nSPS) is 16.5. The van der Waals surface area contributed by atoms with Crippen molar-refractivity contribution in [1.29, 1.82) is 0 Å². The molecule has 1 aliphatic rings. The van der Waals surface area contributed by atoms with E-state index in [1.807, 2.05) is 0 Å². The van der Waals surface area contributed by atoms with Crippen molar-refractivity contribution in [2.75, 3.05) is 11.9 Å². The van der Waals surface area contributed by atoms with Crippen LogP contribution in [0.1, 0.15) is 33.6 Å². The summed E-state index contributed by atoms with van der Waals surface area (Å²) in [5.74, 6) is -0.560. The Morgan fingerprint density at radius 3 is 2.71 bits per heavy atom. The molecule has 186 valence electrons. The Labute approximate surface area is 202 Å². The number of anilines is 1. The number of hydrogen-bond donors (Lipinski definition) is 6. The molecule has 1 aliphatic carbocycles. The van der Waals surface area contributed by atoms with E-state index in [-0.39, 0.29) is 11.7 Å². The highest BCUT2D eigenvalue weighted by molar-refractivity contribution is 6.31. The molecule has 0 saturated carbocycles. The minimum Gasteiger partial charge on any atom is -0.392 e. The zero-order valence-electron chi connectivity index (χ0n) is 18.2. The Morgan fingerprint density at radius 2 is 2.00 bits per heavy atom. The van der Waals surface area contributed by atoms with Crippen molar-refractivity contribution in [3.8, 4) is 0 Å². The molecule has 0 fully saturated rings. The number of amides is 3. The molecule has 8 nitrogen and oxygen atoms in total. The second kappa shape index (κ2) is 9.76. The summed E-state index contributed by atoms with van der Waals surface area (Å²) in [6.45, 7) is -0.633. The van der Waals surface area contributed by atoms with Crippen molar-refractivity contribution < 1.29 is 33.0 Å². The fourth-order valence-corrected chi connectivity index (χ4v) is 4.46. The molecule has 3 amide bonds. The lowest BCUT2D eigenvalue weighted by Crippen LogP contribution is -2.41. The number of urea groups is 1. The minimum absolute atomic E-state index is 0.0517. The molecule has 2 atom stereocenters. The number of hydrogen-bond acceptors (Lipinski definition) is 4. The van der Waals surface area contributed by atoms with Crippen LogP contribution in [0.15, 0.2) is 36.4 Å². The number of alkyl halides is 3. The predicted molar refractivity (Wildman–Crippen MR) is 123 cm³/mol. The summed E-state index contributed by atoms with van der Waals surface area (Å²) in [5.41, 5.74) is 1.66. The van der Waals surface area contributed by atoms with Gasteiger partial charge in [0.2, 0.25) is 0 Å². The summed E-state index contributed by atoms with van der Waals surface area (Å²) in [5, 5.41) is 26.3. The van der Waals surface area contributed by atoms with Gasteiger partial charge in [0.25, 0.3) is 5.91 Å². The lowest BCUT2D eigenvalue weighted by molar-refractivity contribution is -0.137. The van der Waals surface area contributed by atoms with E-state index in [4.69, 9.17) is 16.7 Å². The van der Waals surface area contributed by atoms with Gasteiger partial charge in [-0.25, -0.2) is 4.79 Å². The van der Waals surface area contributed by atoms with Crippen LogP contribution in [-0.2, 0) is 19.0 Å². The van der Waals surface area contributed by atoms with E-state index in [0.717, 1.165) is 23.4 Å². The van der Waals surface area contributed by atoms with Crippen LogP contribution in [0.4, 0.5) is 23.7 Å². The number of aryl methyl sites for hydroxylation is 1. The van der Waals surface area contributed by atoms with Crippen LogP contribution < -0.4 is 16.0 Å². The van der Waals surface area contributed by atoms with Gasteiger partial charge in [-0.3, -0.25) is 4.79 Å². The van der Waals surface area contributed by atoms with Crippen molar-refractivity contribution in [1.82, 2.24) is 15.6 Å². The van der Waals surface area contributed by atoms with E-state index in [1.165, 1.54) is 6.07 Å². The van der Waals surface area contributed by atoms with Gasteiger partial charge < -0.3 is 31.1 Å². The number of carbonyl (C=O) groups is 2. The zero-order valence-corrected chi connectivity index (χ0v) is 18.9. The summed E-state index contributed by atoms with van der Waals surface area (Å²) in [6, 6.07) is 7.20. The van der Waals surface area contributed by atoms with E-state index >= 15 is 0 Å². The van der Waals surface area contributed by atoms with Crippen LogP contribution in [-0.4, -0.2) is 46.0 Å². The molecule has 0 spiro atoms. The van der Waals surface area contributed by atoms with Gasteiger partial charge in [-0.15, -0.1) is 0 Å². The van der Waals surface area contributed by atoms with Gasteiger partial charge in [0.1, 0.15) is 6.23 Å². The SMILES string of the molecule is O=C(Nc1ccc(Cl)c(C(F)(F)F)c1)NC1CCc2[nH]c3cccc(C(=O)NC(O)CO)c3c2C1. The fourth-order valence-electron chi connectivity index (χ4n) is 4.24. The number of H-pyrrole nitrogens is 1. The Balaban J connectivity index is 1.51. The largest absolute Gasteiger partial charge is 0.417 e. The van der Waals surface area contributed by atoms with Gasteiger partial charge in [-0.2, -0.15) is 13.2 Å². The van der Waals surface area contributed by atoms with E-state index in [1.54, 1.807) is 18.2 Å². The molecular weight excluding hydrogens is 489 g/mol. The van der Waals surface area contributed by atoms with Crippen molar-refractivity contribution in [3.05, 3.63) is 63.8 Å². The standard InChI is InChI=1S/C23H22ClF3N4O4/c24-16-6-4-12(9-15(16)23(25,26)27)29-22(35)28-11-5-7-17-14(8-11)20-13(2-1-3-18(20)30-17)21(34)31-19(33)10-32/h1-4,6,9,11,19,30,32-33H,5,7-8,10H2,(H,31,34)(H2,28,29,35). The third-order valence-corrected chi connectivity index (χ3v) is 6.12. The number of rotatable bonds is 5. The zero-order chi connectivity index (χ0) is 25.3. The van der Waals surface area contributed by atoms with Crippen LogP contribution in [0.3, 0.4) is 0 Å². The van der Waals surface area contributed by atoms with Gasteiger partial charge in [0.15, 0.2) is 0 Å². The van der Waals surface area contributed by atoms with Crippen molar-refractivity contribution in [2.24, 2.45) is 0 Å². The van der Waals surface area contributed by atoms with E-state index < -0.39 is 41.5 Å². The van der Waals surface area contributed by atoms with Crippen LogP contribution in [0.25, 0.3) is 10.9 Å². The number of halogens is 4. The summed E-state index contributed by atoms with van der Waals surface area (Å²) < 4.78 is 39.3. The second-order valence-corrected chi connectivity index (χ2v) is 8.62. The summed E-state index contributed by atoms with van der Waals surface area (Å²) >= 11 is 5.62. The van der Waals surface area contributed by atoms with Crippen LogP contribution in [0.5, 0.6) is 0 Å². The van der Waals surface area contributed by atoms with E-state index in [9.17, 15) is 27.9 Å². The molecule has 4 rings (SSSR count). The maximum absolute atomic E-state index is 13.1. The molecule has 3 aromatic rings. The van der Waals surface area contributed by atoms with Crippen molar-refractivity contribution in [2.45, 2.75) is 37.7 Å². The number of nitrogens with one attached hydrogen (secondary N) is 4. The third-order valence-electron chi connectivity index (χ3n) is 5.79. The molecular formula is C23H22ClF3N4O4. The number of aliphatic hydroxyl groups excluding tert-OH is 2. The molecule has 0 aliphatic heterocycles. The first-order valence-electron chi connectivity index (χ1n) is 10.7. The summed E-state index contributed by atoms with van der Waals surface area (Å²) in [4.78, 5) is 28.4. The maximum atomic E-state index is 13.1. The highest BCUT2D eigenvalue weighted by Gasteiger charge is 2.33. The van der Waals surface area contributed by atoms with Crippen LogP contribution >= 0.6 is 11.6 Å². The number of aromatic nitrogens is 1. The smallest absolute Gasteiger partial charge is 0.392 e. The number of benzene rings is 2. The topological polar surface area (TPSA) is 126 Å². The molecule has 2 aromatic carbocycles. The molecule has 0 saturated heterocycles. The quantitative estimate of drug-likeness (QED) is 0.293. The van der Waals surface area contributed by atoms with Gasteiger partial charge >= 0.3 is 12.2 Å². The molecule has 6 N–H and O–H groups in total. The molecule has 12 heteroatoms. The molecule has 1 heterocycles. The number of aliphatic hydroxyl groups is 2. The lowest BCUT2D eigenvalue weighted by atomic mass is 9.90. The van der Waals surface area contributed by atoms with Crippen LogP contribution in [0.2, 0.25) is 5.02 Å². The number of aromatic amines is 1. The van der Waals surface area contributed by atoms with Gasteiger partial charge in [-0.05, 0) is 55.2 Å². The Kier molecular flexibility index (Phi) is 6.93. The van der Waals surface area contributed by atoms with Crippen molar-refractivity contribution in [3.63, 3.8) is 0 Å². The average molecular weight is 511 g/mol. The molecule has 0 radical (unpaired) electrons. The van der Waals surface area contributed by atoms with Crippen molar-refractivity contribution >= 4 is 40.1 Å². The Morgan fingerprint density at radius 1 is 1.23 bits per heavy atom. The first-order valence-corrected chi connectivity index (χ1v) is 11.1. The molecule has 0 bridgehead atoms. The van der Waals surface area contributed by atoms with E-state index in [0.29, 0.717) is 35.7 Å². The lowest BCUT2D eigenvalue weighted by Gasteiger charge is -2.24. The summed E-state index contributed by atoms with van der Waals surface area (Å²) in [6.07, 6.45) is -4.53. The Bertz CT molecular complexity index is 1280. The average Bonchev–Trinajstić information content (AvgIpc) is 3.17. The molecule has 2 unspecified atom stereocenters. The van der Waals surface area contributed by atoms with Gasteiger partial charge in [0.05, 0.1) is 17.2 Å². The van der Waals surface area contributed by atoms with E-state index in [2.05, 4.69) is 20.9 Å². The van der Waals surface area contributed by atoms with Crippen LogP contribution in [0, 0.1) is 0 Å². The first-order chi connectivity index (χ1) is 16.6. The number of fused-ring (bicyclic) bond motifs is 3. The third kappa shape index (κ3) is 5.37. The predicted octanol–water partition coefficient (Wildman–Crippen LogP) is 3.56. The fraction of sp³-hybridized carbons (Fsp3) is 0.304. The highest BCUT2D eigenvalue weighted by atomic mass is 35.5. The van der Waals surface area contributed by atoms with Gasteiger partial charge in [-0.1, -0.05) is 17.7 Å². The van der Waals surface area contributed by atoms with Gasteiger partial charge in [0, 0.05) is 33.9 Å². The minimum atomic E-state index is -4.66. The summed E-state index contributed by atoms with van der Waals surface area (Å²) in [7, 11) is 0. The monoisotopic (exact) mass is 510 g/mol. The first kappa shape index (κ1) is 24.8. The molecule has 1 aromatic heterocycles. The number of carbonyl (C=O) groups excluding carboxylic acids is 2. The maximum Gasteiger partial charge on any atom is 0.417 e. The molecule has 35 heavy (non-hydrogen) atoms. The Hall–Kier alpha value is -3.28.